The van der Waals surface area contributed by atoms with Crippen molar-refractivity contribution in [1.29, 1.82) is 0 Å². The lowest BCUT2D eigenvalue weighted by molar-refractivity contribution is -0.141. The molecule has 0 spiro atoms. The van der Waals surface area contributed by atoms with Gasteiger partial charge in [0.05, 0.1) is 5.69 Å². The maximum atomic E-state index is 13.6. The van der Waals surface area contributed by atoms with Crippen molar-refractivity contribution in [2.45, 2.75) is 44.8 Å². The van der Waals surface area contributed by atoms with Gasteiger partial charge in [-0.2, -0.15) is 13.2 Å². The van der Waals surface area contributed by atoms with Gasteiger partial charge in [0.2, 0.25) is 5.91 Å². The van der Waals surface area contributed by atoms with Crippen molar-refractivity contribution in [3.63, 3.8) is 0 Å². The number of aromatic nitrogens is 3. The molecular formula is C17H22F3N5O. The Labute approximate surface area is 149 Å². The maximum absolute atomic E-state index is 13.6. The predicted molar refractivity (Wildman–Crippen MR) is 91.0 cm³/mol. The molecule has 6 nitrogen and oxygen atoms in total. The van der Waals surface area contributed by atoms with E-state index in [0.717, 1.165) is 6.42 Å². The molecule has 1 saturated heterocycles. The first kappa shape index (κ1) is 18.5. The number of alkyl halides is 3. The highest BCUT2D eigenvalue weighted by Crippen LogP contribution is 2.33. The summed E-state index contributed by atoms with van der Waals surface area (Å²) in [5, 5.41) is 4.32. The van der Waals surface area contributed by atoms with Crippen LogP contribution >= 0.6 is 0 Å². The lowest BCUT2D eigenvalue weighted by Crippen LogP contribution is -2.38. The van der Waals surface area contributed by atoms with Gasteiger partial charge in [-0.25, -0.2) is 9.50 Å². The van der Waals surface area contributed by atoms with E-state index in [0.29, 0.717) is 25.2 Å². The summed E-state index contributed by atoms with van der Waals surface area (Å²) in [6, 6.07) is 2.87. The molecule has 0 saturated carbocycles. The van der Waals surface area contributed by atoms with Crippen molar-refractivity contribution in [3.8, 4) is 0 Å². The quantitative estimate of drug-likeness (QED) is 0.813. The number of carbonyl (C=O) groups is 1. The molecule has 0 aliphatic carbocycles. The zero-order valence-corrected chi connectivity index (χ0v) is 15.0. The third-order valence-corrected chi connectivity index (χ3v) is 4.73. The maximum Gasteiger partial charge on any atom is 0.435 e. The molecule has 2 aromatic rings. The number of carbonyl (C=O) groups excluding carboxylic acids is 1. The number of amides is 1. The molecule has 1 aliphatic heterocycles. The van der Waals surface area contributed by atoms with E-state index in [9.17, 15) is 18.0 Å². The van der Waals surface area contributed by atoms with E-state index >= 15 is 0 Å². The van der Waals surface area contributed by atoms with Gasteiger partial charge in [0.15, 0.2) is 11.3 Å². The number of hydrogen-bond acceptors (Lipinski definition) is 4. The number of anilines is 1. The van der Waals surface area contributed by atoms with Crippen LogP contribution in [0.15, 0.2) is 12.1 Å². The van der Waals surface area contributed by atoms with Crippen LogP contribution in [0.25, 0.3) is 5.65 Å². The fraction of sp³-hybridized carbons (Fsp3) is 0.588. The summed E-state index contributed by atoms with van der Waals surface area (Å²) in [6.07, 6.45) is -2.73. The summed E-state index contributed by atoms with van der Waals surface area (Å²) in [7, 11) is 3.54. The SMILES string of the molecule is CCC(Cc1c(C(F)(F)F)nc2ccc(N(C)C)nn12)N1CCCC1=O. The first-order valence-electron chi connectivity index (χ1n) is 8.65. The van der Waals surface area contributed by atoms with Crippen molar-refractivity contribution in [2.24, 2.45) is 0 Å². The van der Waals surface area contributed by atoms with Gasteiger partial charge in [0, 0.05) is 39.5 Å². The van der Waals surface area contributed by atoms with Gasteiger partial charge in [0.1, 0.15) is 5.82 Å². The molecule has 1 atom stereocenters. The highest BCUT2D eigenvalue weighted by atomic mass is 19.4. The van der Waals surface area contributed by atoms with E-state index in [1.54, 1.807) is 30.0 Å². The van der Waals surface area contributed by atoms with E-state index in [1.165, 1.54) is 10.6 Å². The summed E-state index contributed by atoms with van der Waals surface area (Å²) in [5.41, 5.74) is -0.769. The number of hydrogen-bond donors (Lipinski definition) is 0. The fourth-order valence-electron chi connectivity index (χ4n) is 3.37. The Hall–Kier alpha value is -2.32. The molecule has 3 heterocycles. The van der Waals surface area contributed by atoms with Crippen LogP contribution < -0.4 is 4.90 Å². The molecule has 1 unspecified atom stereocenters. The van der Waals surface area contributed by atoms with E-state index in [4.69, 9.17) is 0 Å². The van der Waals surface area contributed by atoms with Gasteiger partial charge in [-0.1, -0.05) is 6.92 Å². The number of fused-ring (bicyclic) bond motifs is 1. The van der Waals surface area contributed by atoms with Gasteiger partial charge in [-0.3, -0.25) is 4.79 Å². The van der Waals surface area contributed by atoms with Crippen molar-refractivity contribution in [1.82, 2.24) is 19.5 Å². The molecule has 2 aromatic heterocycles. The van der Waals surface area contributed by atoms with E-state index < -0.39 is 11.9 Å². The third kappa shape index (κ3) is 3.34. The van der Waals surface area contributed by atoms with Crippen molar-refractivity contribution >= 4 is 17.4 Å². The van der Waals surface area contributed by atoms with Gasteiger partial charge in [-0.15, -0.1) is 5.10 Å². The topological polar surface area (TPSA) is 53.7 Å². The summed E-state index contributed by atoms with van der Waals surface area (Å²) in [6.45, 7) is 2.47. The molecule has 3 rings (SSSR count). The molecule has 9 heteroatoms. The lowest BCUT2D eigenvalue weighted by atomic mass is 10.1. The first-order chi connectivity index (χ1) is 12.2. The molecule has 0 radical (unpaired) electrons. The van der Waals surface area contributed by atoms with Gasteiger partial charge in [-0.05, 0) is 25.0 Å². The molecular weight excluding hydrogens is 347 g/mol. The minimum absolute atomic E-state index is 0.00108. The minimum atomic E-state index is -4.57. The average Bonchev–Trinajstić information content (AvgIpc) is 3.15. The van der Waals surface area contributed by atoms with Gasteiger partial charge >= 0.3 is 6.18 Å². The number of rotatable bonds is 5. The minimum Gasteiger partial charge on any atom is -0.361 e. The molecule has 0 bridgehead atoms. The Morgan fingerprint density at radius 3 is 2.58 bits per heavy atom. The lowest BCUT2D eigenvalue weighted by Gasteiger charge is -2.27. The van der Waals surface area contributed by atoms with E-state index in [-0.39, 0.29) is 29.7 Å². The van der Waals surface area contributed by atoms with Crippen LogP contribution in [-0.4, -0.2) is 52.1 Å². The monoisotopic (exact) mass is 369 g/mol. The van der Waals surface area contributed by atoms with Crippen LogP contribution in [-0.2, 0) is 17.4 Å². The highest BCUT2D eigenvalue weighted by Gasteiger charge is 2.39. The Morgan fingerprint density at radius 2 is 2.04 bits per heavy atom. The summed E-state index contributed by atoms with van der Waals surface area (Å²) in [5.74, 6) is 0.538. The largest absolute Gasteiger partial charge is 0.435 e. The van der Waals surface area contributed by atoms with Crippen LogP contribution in [0.3, 0.4) is 0 Å². The second kappa shape index (κ2) is 6.77. The van der Waals surface area contributed by atoms with E-state index in [1.807, 2.05) is 6.92 Å². The Balaban J connectivity index is 2.08. The highest BCUT2D eigenvalue weighted by molar-refractivity contribution is 5.78. The van der Waals surface area contributed by atoms with E-state index in [2.05, 4.69) is 10.1 Å². The second-order valence-corrected chi connectivity index (χ2v) is 6.72. The molecule has 1 fully saturated rings. The van der Waals surface area contributed by atoms with Crippen molar-refractivity contribution in [3.05, 3.63) is 23.5 Å². The second-order valence-electron chi connectivity index (χ2n) is 6.72. The van der Waals surface area contributed by atoms with Crippen LogP contribution in [0.2, 0.25) is 0 Å². The van der Waals surface area contributed by atoms with Crippen LogP contribution in [0.5, 0.6) is 0 Å². The molecule has 142 valence electrons. The molecule has 0 aromatic carbocycles. The smallest absolute Gasteiger partial charge is 0.361 e. The predicted octanol–water partition coefficient (Wildman–Crippen LogP) is 2.76. The number of imidazole rings is 1. The number of nitrogens with zero attached hydrogens (tertiary/aromatic N) is 5. The van der Waals surface area contributed by atoms with Gasteiger partial charge < -0.3 is 9.80 Å². The molecule has 26 heavy (non-hydrogen) atoms. The zero-order chi connectivity index (χ0) is 19.1. The summed E-state index contributed by atoms with van der Waals surface area (Å²) >= 11 is 0. The Bertz CT molecular complexity index is 815. The summed E-state index contributed by atoms with van der Waals surface area (Å²) < 4.78 is 41.9. The Kier molecular flexibility index (Phi) is 4.81. The zero-order valence-electron chi connectivity index (χ0n) is 15.0. The van der Waals surface area contributed by atoms with Crippen LogP contribution in [0.1, 0.15) is 37.6 Å². The first-order valence-corrected chi connectivity index (χ1v) is 8.65. The number of halogens is 3. The van der Waals surface area contributed by atoms with Crippen molar-refractivity contribution in [2.75, 3.05) is 25.5 Å². The molecule has 0 N–H and O–H groups in total. The number of likely N-dealkylation sites (tertiary alicyclic amines) is 1. The standard InChI is InChI=1S/C17H22F3N5O/c1-4-11(24-9-5-6-15(24)26)10-12-16(17(18,19)20)21-13-7-8-14(23(2)3)22-25(12)13/h7-8,11H,4-6,9-10H2,1-3H3. The molecule has 1 amide bonds. The fourth-order valence-corrected chi connectivity index (χ4v) is 3.37. The third-order valence-electron chi connectivity index (χ3n) is 4.73. The van der Waals surface area contributed by atoms with Crippen LogP contribution in [0.4, 0.5) is 19.0 Å². The van der Waals surface area contributed by atoms with Gasteiger partial charge in [0.25, 0.3) is 0 Å². The van der Waals surface area contributed by atoms with Crippen molar-refractivity contribution < 1.29 is 18.0 Å². The van der Waals surface area contributed by atoms with Crippen LogP contribution in [0, 0.1) is 0 Å². The molecule has 1 aliphatic rings. The normalized spacial score (nSPS) is 16.5. The average molecular weight is 369 g/mol. The Morgan fingerprint density at radius 1 is 1.31 bits per heavy atom. The summed E-state index contributed by atoms with van der Waals surface area (Å²) in [4.78, 5) is 19.2.